The number of nitrogens with zero attached hydrogens (tertiary/aromatic N) is 2. The second-order valence-electron chi connectivity index (χ2n) is 5.22. The highest BCUT2D eigenvalue weighted by molar-refractivity contribution is 5.22. The molecule has 1 aromatic heterocycles. The van der Waals surface area contributed by atoms with Crippen molar-refractivity contribution in [1.29, 1.82) is 0 Å². The molecule has 0 aromatic carbocycles. The van der Waals surface area contributed by atoms with Crippen molar-refractivity contribution in [3.63, 3.8) is 0 Å². The van der Waals surface area contributed by atoms with E-state index in [2.05, 4.69) is 29.6 Å². The lowest BCUT2D eigenvalue weighted by atomic mass is 9.80. The van der Waals surface area contributed by atoms with Gasteiger partial charge in [0, 0.05) is 12.2 Å². The van der Waals surface area contributed by atoms with E-state index in [0.29, 0.717) is 12.0 Å². The van der Waals surface area contributed by atoms with Gasteiger partial charge in [-0.2, -0.15) is 0 Å². The molecule has 2 N–H and O–H groups in total. The lowest BCUT2D eigenvalue weighted by molar-refractivity contribution is 0.223. The normalized spacial score (nSPS) is 31.8. The van der Waals surface area contributed by atoms with Gasteiger partial charge in [0.2, 0.25) is 5.95 Å². The van der Waals surface area contributed by atoms with Crippen molar-refractivity contribution in [2.24, 2.45) is 11.8 Å². The van der Waals surface area contributed by atoms with Crippen LogP contribution < -0.4 is 5.73 Å². The highest BCUT2D eigenvalue weighted by Crippen LogP contribution is 2.36. The third-order valence-corrected chi connectivity index (χ3v) is 3.43. The molecule has 0 aliphatic heterocycles. The summed E-state index contributed by atoms with van der Waals surface area (Å²) >= 11 is 0. The first kappa shape index (κ1) is 10.5. The summed E-state index contributed by atoms with van der Waals surface area (Å²) in [5, 5.41) is 0. The highest BCUT2D eigenvalue weighted by Gasteiger charge is 2.26. The first-order valence-electron chi connectivity index (χ1n) is 5.87. The summed E-state index contributed by atoms with van der Waals surface area (Å²) < 4.78 is 2.17. The Kier molecular flexibility index (Phi) is 2.72. The van der Waals surface area contributed by atoms with Crippen molar-refractivity contribution in [2.75, 3.05) is 5.73 Å². The van der Waals surface area contributed by atoms with E-state index in [0.717, 1.165) is 17.5 Å². The van der Waals surface area contributed by atoms with Gasteiger partial charge in [-0.3, -0.25) is 0 Å². The van der Waals surface area contributed by atoms with Gasteiger partial charge in [-0.1, -0.05) is 13.8 Å². The first-order chi connectivity index (χ1) is 7.06. The van der Waals surface area contributed by atoms with Gasteiger partial charge >= 0.3 is 0 Å². The Hall–Kier alpha value is -0.990. The van der Waals surface area contributed by atoms with Crippen molar-refractivity contribution in [2.45, 2.75) is 46.1 Å². The van der Waals surface area contributed by atoms with E-state index in [1.165, 1.54) is 19.3 Å². The Morgan fingerprint density at radius 1 is 1.27 bits per heavy atom. The van der Waals surface area contributed by atoms with Crippen LogP contribution in [0, 0.1) is 18.8 Å². The average molecular weight is 207 g/mol. The Morgan fingerprint density at radius 2 is 1.87 bits per heavy atom. The molecule has 3 nitrogen and oxygen atoms in total. The summed E-state index contributed by atoms with van der Waals surface area (Å²) in [7, 11) is 0. The minimum Gasteiger partial charge on any atom is -0.369 e. The molecule has 2 rings (SSSR count). The van der Waals surface area contributed by atoms with Gasteiger partial charge in [-0.05, 0) is 38.0 Å². The lowest BCUT2D eigenvalue weighted by Crippen LogP contribution is -2.23. The second-order valence-corrected chi connectivity index (χ2v) is 5.22. The van der Waals surface area contributed by atoms with Gasteiger partial charge in [0.25, 0.3) is 0 Å². The maximum Gasteiger partial charge on any atom is 0.200 e. The van der Waals surface area contributed by atoms with E-state index in [-0.39, 0.29) is 0 Å². The Labute approximate surface area is 91.7 Å². The zero-order valence-electron chi connectivity index (χ0n) is 9.90. The fourth-order valence-corrected chi connectivity index (χ4v) is 2.96. The topological polar surface area (TPSA) is 43.8 Å². The van der Waals surface area contributed by atoms with Gasteiger partial charge in [-0.25, -0.2) is 4.98 Å². The van der Waals surface area contributed by atoms with Crippen molar-refractivity contribution in [1.82, 2.24) is 9.55 Å². The molecule has 1 saturated carbocycles. The minimum atomic E-state index is 0.560. The quantitative estimate of drug-likeness (QED) is 0.769. The van der Waals surface area contributed by atoms with E-state index in [4.69, 9.17) is 5.73 Å². The summed E-state index contributed by atoms with van der Waals surface area (Å²) in [6.07, 6.45) is 5.92. The summed E-state index contributed by atoms with van der Waals surface area (Å²) in [5.41, 5.74) is 6.94. The number of anilines is 1. The number of nitrogen functional groups attached to an aromatic ring is 1. The molecule has 2 unspecified atom stereocenters. The maximum absolute atomic E-state index is 5.91. The van der Waals surface area contributed by atoms with Gasteiger partial charge in [0.15, 0.2) is 0 Å². The van der Waals surface area contributed by atoms with Crippen molar-refractivity contribution < 1.29 is 0 Å². The predicted octanol–water partition coefficient (Wildman–Crippen LogP) is 2.77. The SMILES string of the molecule is Cc1cn(C2CC(C)CC(C)C2)c(N)n1. The van der Waals surface area contributed by atoms with Crippen LogP contribution in [-0.4, -0.2) is 9.55 Å². The Bertz CT molecular complexity index is 333. The lowest BCUT2D eigenvalue weighted by Gasteiger charge is -2.32. The zero-order valence-corrected chi connectivity index (χ0v) is 9.90. The molecule has 0 bridgehead atoms. The molecule has 0 saturated heterocycles. The van der Waals surface area contributed by atoms with E-state index < -0.39 is 0 Å². The average Bonchev–Trinajstić information content (AvgIpc) is 2.43. The number of aromatic nitrogens is 2. The van der Waals surface area contributed by atoms with Crippen LogP contribution >= 0.6 is 0 Å². The summed E-state index contributed by atoms with van der Waals surface area (Å²) in [5.74, 6) is 2.29. The van der Waals surface area contributed by atoms with E-state index in [1.54, 1.807) is 0 Å². The van der Waals surface area contributed by atoms with Crippen LogP contribution in [0.2, 0.25) is 0 Å². The molecule has 0 amide bonds. The maximum atomic E-state index is 5.91. The van der Waals surface area contributed by atoms with Crippen LogP contribution in [0.25, 0.3) is 0 Å². The summed E-state index contributed by atoms with van der Waals surface area (Å²) in [6.45, 7) is 6.67. The molecule has 3 heteroatoms. The molecule has 1 fully saturated rings. The van der Waals surface area contributed by atoms with Crippen molar-refractivity contribution >= 4 is 5.95 Å². The second kappa shape index (κ2) is 3.87. The molecular formula is C12H21N3. The van der Waals surface area contributed by atoms with Gasteiger partial charge < -0.3 is 10.3 Å². The van der Waals surface area contributed by atoms with Crippen LogP contribution in [0.4, 0.5) is 5.95 Å². The molecule has 1 heterocycles. The van der Waals surface area contributed by atoms with Gasteiger partial charge in [0.1, 0.15) is 0 Å². The summed E-state index contributed by atoms with van der Waals surface area (Å²) in [4.78, 5) is 4.28. The molecule has 2 atom stereocenters. The molecule has 0 spiro atoms. The molecule has 1 aromatic rings. The van der Waals surface area contributed by atoms with Crippen LogP contribution in [0.3, 0.4) is 0 Å². The van der Waals surface area contributed by atoms with Crippen molar-refractivity contribution in [3.8, 4) is 0 Å². The minimum absolute atomic E-state index is 0.560. The fraction of sp³-hybridized carbons (Fsp3) is 0.750. The van der Waals surface area contributed by atoms with E-state index in [1.807, 2.05) is 6.92 Å². The zero-order chi connectivity index (χ0) is 11.0. The number of aryl methyl sites for hydroxylation is 1. The fourth-order valence-electron chi connectivity index (χ4n) is 2.96. The number of nitrogens with two attached hydrogens (primary N) is 1. The van der Waals surface area contributed by atoms with Crippen LogP contribution in [-0.2, 0) is 0 Å². The van der Waals surface area contributed by atoms with E-state index >= 15 is 0 Å². The third kappa shape index (κ3) is 2.16. The Balaban J connectivity index is 2.19. The third-order valence-electron chi connectivity index (χ3n) is 3.43. The molecule has 0 radical (unpaired) electrons. The number of hydrogen-bond donors (Lipinski definition) is 1. The molecular weight excluding hydrogens is 186 g/mol. The first-order valence-corrected chi connectivity index (χ1v) is 5.87. The largest absolute Gasteiger partial charge is 0.369 e. The molecule has 1 aliphatic carbocycles. The highest BCUT2D eigenvalue weighted by atomic mass is 15.2. The van der Waals surface area contributed by atoms with Crippen LogP contribution in [0.5, 0.6) is 0 Å². The summed E-state index contributed by atoms with van der Waals surface area (Å²) in [6, 6.07) is 0.560. The predicted molar refractivity (Wildman–Crippen MR) is 62.6 cm³/mol. The number of imidazole rings is 1. The van der Waals surface area contributed by atoms with Crippen LogP contribution in [0.15, 0.2) is 6.20 Å². The standard InChI is InChI=1S/C12H21N3/c1-8-4-9(2)6-11(5-8)15-7-10(3)14-12(15)13/h7-9,11H,4-6H2,1-3H3,(H2,13,14). The molecule has 84 valence electrons. The molecule has 15 heavy (non-hydrogen) atoms. The molecule has 1 aliphatic rings. The van der Waals surface area contributed by atoms with E-state index in [9.17, 15) is 0 Å². The van der Waals surface area contributed by atoms with Gasteiger partial charge in [-0.15, -0.1) is 0 Å². The number of hydrogen-bond acceptors (Lipinski definition) is 2. The number of rotatable bonds is 1. The Morgan fingerprint density at radius 3 is 2.33 bits per heavy atom. The smallest absolute Gasteiger partial charge is 0.200 e. The van der Waals surface area contributed by atoms with Gasteiger partial charge in [0.05, 0.1) is 5.69 Å². The van der Waals surface area contributed by atoms with Crippen LogP contribution in [0.1, 0.15) is 44.8 Å². The monoisotopic (exact) mass is 207 g/mol. The van der Waals surface area contributed by atoms with Crippen molar-refractivity contribution in [3.05, 3.63) is 11.9 Å².